The molecule has 0 aromatic carbocycles. The van der Waals surface area contributed by atoms with Gasteiger partial charge < -0.3 is 20.1 Å². The Labute approximate surface area is 169 Å². The van der Waals surface area contributed by atoms with Crippen molar-refractivity contribution in [2.45, 2.75) is 98.3 Å². The Bertz CT molecular complexity index is 557. The van der Waals surface area contributed by atoms with E-state index in [1.165, 1.54) is 6.92 Å². The van der Waals surface area contributed by atoms with Crippen molar-refractivity contribution in [3.8, 4) is 0 Å². The first kappa shape index (κ1) is 24.2. The molecule has 7 nitrogen and oxygen atoms in total. The van der Waals surface area contributed by atoms with E-state index in [2.05, 4.69) is 17.6 Å². The molecule has 1 rings (SSSR count). The maximum absolute atomic E-state index is 12.8. The number of carbonyl (C=O) groups excluding carboxylic acids is 3. The smallest absolute Gasteiger partial charge is 0.407 e. The highest BCUT2D eigenvalue weighted by atomic mass is 16.6. The van der Waals surface area contributed by atoms with Crippen LogP contribution in [0.1, 0.15) is 80.6 Å². The van der Waals surface area contributed by atoms with E-state index in [1.54, 1.807) is 6.92 Å². The number of rotatable bonds is 8. The molecule has 2 amide bonds. The highest BCUT2D eigenvalue weighted by molar-refractivity contribution is 5.78. The summed E-state index contributed by atoms with van der Waals surface area (Å²) in [5, 5.41) is 5.81. The second-order valence-electron chi connectivity index (χ2n) is 9.09. The summed E-state index contributed by atoms with van der Waals surface area (Å²) < 4.78 is 10.7. The number of amides is 2. The lowest BCUT2D eigenvalue weighted by Gasteiger charge is -2.30. The third-order valence-electron chi connectivity index (χ3n) is 5.40. The number of nitrogens with one attached hydrogen (secondary N) is 2. The fourth-order valence-corrected chi connectivity index (χ4v) is 3.74. The molecule has 1 aliphatic rings. The molecule has 4 atom stereocenters. The number of ether oxygens (including phenoxy) is 2. The Hall–Kier alpha value is -1.79. The van der Waals surface area contributed by atoms with Crippen molar-refractivity contribution < 1.29 is 23.9 Å². The van der Waals surface area contributed by atoms with E-state index in [1.807, 2.05) is 27.7 Å². The minimum atomic E-state index is -0.597. The molecule has 0 aliphatic heterocycles. The molecule has 7 heteroatoms. The van der Waals surface area contributed by atoms with Gasteiger partial charge >= 0.3 is 12.1 Å². The summed E-state index contributed by atoms with van der Waals surface area (Å²) in [4.78, 5) is 36.1. The van der Waals surface area contributed by atoms with Gasteiger partial charge in [0.15, 0.2) is 0 Å². The molecule has 0 heterocycles. The lowest BCUT2D eigenvalue weighted by molar-refractivity contribution is -0.156. The Morgan fingerprint density at radius 2 is 1.86 bits per heavy atom. The van der Waals surface area contributed by atoms with Gasteiger partial charge in [-0.05, 0) is 72.6 Å². The monoisotopic (exact) mass is 398 g/mol. The van der Waals surface area contributed by atoms with Crippen molar-refractivity contribution >= 4 is 18.0 Å². The molecular weight excluding hydrogens is 360 g/mol. The fourth-order valence-electron chi connectivity index (χ4n) is 3.74. The Morgan fingerprint density at radius 3 is 2.39 bits per heavy atom. The zero-order chi connectivity index (χ0) is 21.5. The van der Waals surface area contributed by atoms with Crippen LogP contribution in [0.3, 0.4) is 0 Å². The molecule has 0 bridgehead atoms. The van der Waals surface area contributed by atoms with Crippen LogP contribution >= 0.6 is 0 Å². The summed E-state index contributed by atoms with van der Waals surface area (Å²) >= 11 is 0. The van der Waals surface area contributed by atoms with Crippen molar-refractivity contribution in [1.29, 1.82) is 0 Å². The van der Waals surface area contributed by atoms with E-state index in [9.17, 15) is 14.4 Å². The average molecular weight is 399 g/mol. The Morgan fingerprint density at radius 1 is 1.21 bits per heavy atom. The van der Waals surface area contributed by atoms with E-state index < -0.39 is 17.1 Å². The number of esters is 1. The van der Waals surface area contributed by atoms with Gasteiger partial charge in [0.1, 0.15) is 5.60 Å². The van der Waals surface area contributed by atoms with E-state index in [0.717, 1.165) is 6.42 Å². The van der Waals surface area contributed by atoms with Crippen LogP contribution < -0.4 is 10.6 Å². The van der Waals surface area contributed by atoms with Crippen molar-refractivity contribution in [2.24, 2.45) is 11.3 Å². The van der Waals surface area contributed by atoms with Gasteiger partial charge in [-0.25, -0.2) is 4.79 Å². The molecule has 0 aromatic rings. The van der Waals surface area contributed by atoms with Gasteiger partial charge in [-0.15, -0.1) is 0 Å². The molecule has 0 radical (unpaired) electrons. The molecule has 1 fully saturated rings. The van der Waals surface area contributed by atoms with Crippen LogP contribution in [0.25, 0.3) is 0 Å². The molecule has 162 valence electrons. The third-order valence-corrected chi connectivity index (χ3v) is 5.40. The van der Waals surface area contributed by atoms with Gasteiger partial charge in [0, 0.05) is 19.0 Å². The lowest BCUT2D eigenvalue weighted by Crippen LogP contribution is -2.40. The van der Waals surface area contributed by atoms with Crippen molar-refractivity contribution in [3.63, 3.8) is 0 Å². The predicted octanol–water partition coefficient (Wildman–Crippen LogP) is 3.55. The van der Waals surface area contributed by atoms with Crippen LogP contribution in [0.15, 0.2) is 0 Å². The van der Waals surface area contributed by atoms with Crippen LogP contribution in [0.2, 0.25) is 0 Å². The van der Waals surface area contributed by atoms with Crippen LogP contribution in [-0.2, 0) is 19.1 Å². The summed E-state index contributed by atoms with van der Waals surface area (Å²) in [6.07, 6.45) is 2.95. The van der Waals surface area contributed by atoms with Gasteiger partial charge in [-0.1, -0.05) is 6.92 Å². The van der Waals surface area contributed by atoms with E-state index in [4.69, 9.17) is 9.47 Å². The van der Waals surface area contributed by atoms with E-state index in [0.29, 0.717) is 32.3 Å². The topological polar surface area (TPSA) is 93.7 Å². The summed E-state index contributed by atoms with van der Waals surface area (Å²) in [5.41, 5.74) is -1.16. The van der Waals surface area contributed by atoms with Crippen LogP contribution in [-0.4, -0.2) is 42.3 Å². The fraction of sp³-hybridized carbons (Fsp3) is 0.857. The second-order valence-corrected chi connectivity index (χ2v) is 9.09. The largest absolute Gasteiger partial charge is 0.466 e. The lowest BCUT2D eigenvalue weighted by atomic mass is 9.78. The van der Waals surface area contributed by atoms with Crippen LogP contribution in [0.4, 0.5) is 4.79 Å². The van der Waals surface area contributed by atoms with Crippen molar-refractivity contribution in [3.05, 3.63) is 0 Å². The number of hydrogen-bond donors (Lipinski definition) is 2. The molecule has 0 spiro atoms. The molecule has 1 saturated carbocycles. The molecule has 1 aliphatic carbocycles. The first-order valence-corrected chi connectivity index (χ1v) is 10.3. The summed E-state index contributed by atoms with van der Waals surface area (Å²) in [7, 11) is 0. The maximum Gasteiger partial charge on any atom is 0.407 e. The zero-order valence-electron chi connectivity index (χ0n) is 18.5. The highest BCUT2D eigenvalue weighted by Crippen LogP contribution is 2.44. The molecular formula is C21H38N2O5. The third kappa shape index (κ3) is 7.68. The number of alkyl carbamates (subject to hydrolysis) is 1. The standard InChI is InChI=1S/C21H38N2O5/c1-8-27-18(25)21(11-9-14(2)15(3)22-16(4)24)12-10-17(13-21)23-19(26)28-20(5,6)7/h14-15,17H,8-13H2,1-7H3,(H,22,24)(H,23,26). The molecule has 0 saturated heterocycles. The molecule has 0 aromatic heterocycles. The van der Waals surface area contributed by atoms with Crippen LogP contribution in [0.5, 0.6) is 0 Å². The second kappa shape index (κ2) is 10.1. The quantitative estimate of drug-likeness (QED) is 0.610. The maximum atomic E-state index is 12.8. The molecule has 2 N–H and O–H groups in total. The minimum Gasteiger partial charge on any atom is -0.466 e. The highest BCUT2D eigenvalue weighted by Gasteiger charge is 2.47. The summed E-state index contributed by atoms with van der Waals surface area (Å²) in [6, 6.07) is -0.0730. The van der Waals surface area contributed by atoms with E-state index in [-0.39, 0.29) is 29.9 Å². The van der Waals surface area contributed by atoms with Crippen molar-refractivity contribution in [2.75, 3.05) is 6.61 Å². The van der Waals surface area contributed by atoms with Crippen molar-refractivity contribution in [1.82, 2.24) is 10.6 Å². The number of carbonyl (C=O) groups is 3. The first-order valence-electron chi connectivity index (χ1n) is 10.3. The van der Waals surface area contributed by atoms with Gasteiger partial charge in [0.25, 0.3) is 0 Å². The zero-order valence-corrected chi connectivity index (χ0v) is 18.5. The van der Waals surface area contributed by atoms with Gasteiger partial charge in [0.05, 0.1) is 12.0 Å². The predicted molar refractivity (Wildman–Crippen MR) is 108 cm³/mol. The molecule has 4 unspecified atom stereocenters. The number of hydrogen-bond acceptors (Lipinski definition) is 5. The first-order chi connectivity index (χ1) is 12.9. The summed E-state index contributed by atoms with van der Waals surface area (Å²) in [5.74, 6) is -0.0158. The minimum absolute atomic E-state index is 0.0360. The van der Waals surface area contributed by atoms with Gasteiger partial charge in [0.2, 0.25) is 5.91 Å². The SMILES string of the molecule is CCOC(=O)C1(CCC(C)C(C)NC(C)=O)CCC(NC(=O)OC(C)(C)C)C1. The molecule has 28 heavy (non-hydrogen) atoms. The van der Waals surface area contributed by atoms with Gasteiger partial charge in [-0.2, -0.15) is 0 Å². The normalized spacial score (nSPS) is 24.2. The van der Waals surface area contributed by atoms with E-state index >= 15 is 0 Å². The Kier molecular flexibility index (Phi) is 8.76. The summed E-state index contributed by atoms with van der Waals surface area (Å²) in [6.45, 7) is 13.2. The Balaban J connectivity index is 2.75. The van der Waals surface area contributed by atoms with Gasteiger partial charge in [-0.3, -0.25) is 9.59 Å². The average Bonchev–Trinajstić information content (AvgIpc) is 2.94. The van der Waals surface area contributed by atoms with Crippen LogP contribution in [0, 0.1) is 11.3 Å².